The lowest BCUT2D eigenvalue weighted by atomic mass is 10.2. The molecule has 0 amide bonds. The number of aromatic nitrogens is 3. The zero-order valence-electron chi connectivity index (χ0n) is 13.8. The number of pyridine rings is 1. The summed E-state index contributed by atoms with van der Waals surface area (Å²) in [5.74, 6) is 1.95. The molecule has 128 valence electrons. The predicted octanol–water partition coefficient (Wildman–Crippen LogP) is 0.651. The molecule has 2 N–H and O–H groups in total. The van der Waals surface area contributed by atoms with Crippen LogP contribution in [0.15, 0.2) is 34.0 Å². The molecule has 24 heavy (non-hydrogen) atoms. The van der Waals surface area contributed by atoms with E-state index in [2.05, 4.69) is 15.3 Å². The highest BCUT2D eigenvalue weighted by atomic mass is 16.5. The molecule has 0 bridgehead atoms. The van der Waals surface area contributed by atoms with Crippen LogP contribution in [0.25, 0.3) is 0 Å². The zero-order chi connectivity index (χ0) is 17.1. The monoisotopic (exact) mass is 331 g/mol. The van der Waals surface area contributed by atoms with Crippen LogP contribution in [0.5, 0.6) is 5.75 Å². The largest absolute Gasteiger partial charge is 0.493 e. The first-order chi connectivity index (χ1) is 11.6. The molecule has 1 aliphatic rings. The fourth-order valence-electron chi connectivity index (χ4n) is 2.93. The first-order valence-corrected chi connectivity index (χ1v) is 7.97. The van der Waals surface area contributed by atoms with Crippen molar-refractivity contribution in [3.05, 3.63) is 45.2 Å². The number of nitrogens with one attached hydrogen (secondary N) is 2. The van der Waals surface area contributed by atoms with Gasteiger partial charge in [0.05, 0.1) is 7.11 Å². The molecule has 0 aliphatic carbocycles. The summed E-state index contributed by atoms with van der Waals surface area (Å²) in [5.41, 5.74) is -0.651. The second kappa shape index (κ2) is 6.77. The van der Waals surface area contributed by atoms with Crippen molar-refractivity contribution in [1.29, 1.82) is 0 Å². The van der Waals surface area contributed by atoms with Crippen molar-refractivity contribution in [3.63, 3.8) is 0 Å². The fraction of sp³-hybridized carbons (Fsp3) is 0.438. The van der Waals surface area contributed by atoms with Crippen LogP contribution in [0.2, 0.25) is 0 Å². The fourth-order valence-corrected chi connectivity index (χ4v) is 2.93. The molecule has 1 saturated heterocycles. The Balaban J connectivity index is 1.74. The molecule has 0 spiro atoms. The first-order valence-electron chi connectivity index (χ1n) is 7.97. The highest BCUT2D eigenvalue weighted by Gasteiger charge is 2.25. The summed E-state index contributed by atoms with van der Waals surface area (Å²) in [6.45, 7) is 3.55. The van der Waals surface area contributed by atoms with E-state index >= 15 is 0 Å². The maximum absolute atomic E-state index is 12.0. The lowest BCUT2D eigenvalue weighted by molar-refractivity contribution is 0.414. The number of nitrogens with zero attached hydrogens (tertiary/aromatic N) is 3. The van der Waals surface area contributed by atoms with Crippen LogP contribution in [0.3, 0.4) is 0 Å². The number of rotatable bonds is 5. The van der Waals surface area contributed by atoms with Crippen LogP contribution in [0.1, 0.15) is 13.3 Å². The molecule has 3 rings (SSSR count). The number of hydrogen-bond acceptors (Lipinski definition) is 6. The van der Waals surface area contributed by atoms with Crippen LogP contribution in [0, 0.1) is 0 Å². The van der Waals surface area contributed by atoms with Gasteiger partial charge in [0.25, 0.3) is 5.56 Å². The summed E-state index contributed by atoms with van der Waals surface area (Å²) in [4.78, 5) is 33.0. The second-order valence-electron chi connectivity index (χ2n) is 5.67. The van der Waals surface area contributed by atoms with E-state index in [1.807, 2.05) is 17.0 Å². The van der Waals surface area contributed by atoms with Gasteiger partial charge in [0.15, 0.2) is 11.6 Å². The van der Waals surface area contributed by atoms with Crippen LogP contribution in [-0.4, -0.2) is 40.8 Å². The van der Waals surface area contributed by atoms with Crippen molar-refractivity contribution in [2.45, 2.75) is 25.9 Å². The average molecular weight is 331 g/mol. The van der Waals surface area contributed by atoms with Gasteiger partial charge in [-0.3, -0.25) is 14.3 Å². The van der Waals surface area contributed by atoms with Gasteiger partial charge < -0.3 is 15.0 Å². The Hall–Kier alpha value is -2.77. The number of H-pyrrole nitrogens is 1. The Morgan fingerprint density at radius 3 is 3.00 bits per heavy atom. The van der Waals surface area contributed by atoms with Crippen molar-refractivity contribution in [2.24, 2.45) is 0 Å². The molecule has 3 heterocycles. The van der Waals surface area contributed by atoms with Gasteiger partial charge in [-0.2, -0.15) is 0 Å². The van der Waals surface area contributed by atoms with Crippen LogP contribution < -0.4 is 26.2 Å². The highest BCUT2D eigenvalue weighted by molar-refractivity contribution is 5.51. The summed E-state index contributed by atoms with van der Waals surface area (Å²) >= 11 is 0. The van der Waals surface area contributed by atoms with E-state index in [1.54, 1.807) is 20.2 Å². The number of ether oxygens (including phenoxy) is 1. The van der Waals surface area contributed by atoms with Gasteiger partial charge in [-0.25, -0.2) is 9.78 Å². The van der Waals surface area contributed by atoms with Crippen LogP contribution in [0.4, 0.5) is 11.6 Å². The smallest absolute Gasteiger partial charge is 0.329 e. The van der Waals surface area contributed by atoms with Crippen molar-refractivity contribution in [1.82, 2.24) is 14.5 Å². The van der Waals surface area contributed by atoms with Gasteiger partial charge in [-0.1, -0.05) is 0 Å². The van der Waals surface area contributed by atoms with Crippen LogP contribution >= 0.6 is 0 Å². The topological polar surface area (TPSA) is 92.2 Å². The SMILES string of the molecule is CCn1c(=O)cc(N2CC[C@@H](Nc3ncccc3OC)C2)[nH]c1=O. The minimum absolute atomic E-state index is 0.158. The molecule has 1 aliphatic heterocycles. The van der Waals surface area contributed by atoms with Gasteiger partial charge >= 0.3 is 5.69 Å². The third-order valence-electron chi connectivity index (χ3n) is 4.18. The summed E-state index contributed by atoms with van der Waals surface area (Å²) in [5, 5.41) is 3.36. The molecule has 2 aromatic rings. The van der Waals surface area contributed by atoms with Gasteiger partial charge in [0.2, 0.25) is 0 Å². The molecule has 0 saturated carbocycles. The average Bonchev–Trinajstić information content (AvgIpc) is 3.03. The van der Waals surface area contributed by atoms with Gasteiger partial charge in [-0.05, 0) is 25.5 Å². The molecule has 2 aromatic heterocycles. The van der Waals surface area contributed by atoms with E-state index in [-0.39, 0.29) is 17.3 Å². The van der Waals surface area contributed by atoms with Crippen molar-refractivity contribution < 1.29 is 4.74 Å². The number of anilines is 2. The Morgan fingerprint density at radius 2 is 2.29 bits per heavy atom. The third kappa shape index (κ3) is 3.12. The minimum atomic E-state index is -0.372. The van der Waals surface area contributed by atoms with E-state index in [1.165, 1.54) is 10.6 Å². The zero-order valence-corrected chi connectivity index (χ0v) is 13.8. The molecular formula is C16H21N5O3. The maximum Gasteiger partial charge on any atom is 0.329 e. The molecule has 8 heteroatoms. The van der Waals surface area contributed by atoms with Crippen molar-refractivity contribution in [2.75, 3.05) is 30.4 Å². The van der Waals surface area contributed by atoms with Crippen LogP contribution in [-0.2, 0) is 6.54 Å². The number of aromatic amines is 1. The Kier molecular flexibility index (Phi) is 4.54. The maximum atomic E-state index is 12.0. The molecule has 1 atom stereocenters. The van der Waals surface area contributed by atoms with Crippen molar-refractivity contribution in [3.8, 4) is 5.75 Å². The van der Waals surface area contributed by atoms with E-state index < -0.39 is 0 Å². The summed E-state index contributed by atoms with van der Waals surface area (Å²) in [6.07, 6.45) is 2.58. The highest BCUT2D eigenvalue weighted by Crippen LogP contribution is 2.24. The van der Waals surface area contributed by atoms with E-state index in [0.29, 0.717) is 30.5 Å². The molecule has 0 aromatic carbocycles. The van der Waals surface area contributed by atoms with Gasteiger partial charge in [0.1, 0.15) is 5.82 Å². The first kappa shape index (κ1) is 16.1. The van der Waals surface area contributed by atoms with E-state index in [0.717, 1.165) is 13.0 Å². The lowest BCUT2D eigenvalue weighted by Crippen LogP contribution is -2.37. The minimum Gasteiger partial charge on any atom is -0.493 e. The van der Waals surface area contributed by atoms with Gasteiger partial charge in [-0.15, -0.1) is 0 Å². The van der Waals surface area contributed by atoms with Crippen molar-refractivity contribution >= 4 is 11.6 Å². The second-order valence-corrected chi connectivity index (χ2v) is 5.67. The molecule has 0 radical (unpaired) electrons. The standard InChI is InChI=1S/C16H21N5O3/c1-3-21-14(22)9-13(19-16(21)23)20-8-6-11(10-20)18-15-12(24-2)5-4-7-17-15/h4-5,7,9,11H,3,6,8,10H2,1-2H3,(H,17,18)(H,19,23)/t11-/m1/s1. The number of methoxy groups -OCH3 is 1. The Bertz CT molecular complexity index is 798. The lowest BCUT2D eigenvalue weighted by Gasteiger charge is -2.19. The van der Waals surface area contributed by atoms with E-state index in [9.17, 15) is 9.59 Å². The number of hydrogen-bond donors (Lipinski definition) is 2. The molecule has 8 nitrogen and oxygen atoms in total. The Labute approximate surface area is 139 Å². The summed E-state index contributed by atoms with van der Waals surface area (Å²) in [7, 11) is 1.61. The molecule has 1 fully saturated rings. The normalized spacial score (nSPS) is 17.1. The predicted molar refractivity (Wildman–Crippen MR) is 92.0 cm³/mol. The quantitative estimate of drug-likeness (QED) is 0.836. The van der Waals surface area contributed by atoms with E-state index in [4.69, 9.17) is 4.74 Å². The third-order valence-corrected chi connectivity index (χ3v) is 4.18. The molecule has 0 unspecified atom stereocenters. The summed E-state index contributed by atoms with van der Waals surface area (Å²) < 4.78 is 6.47. The summed E-state index contributed by atoms with van der Waals surface area (Å²) in [6, 6.07) is 5.31. The molecular weight excluding hydrogens is 310 g/mol. The van der Waals surface area contributed by atoms with Gasteiger partial charge in [0, 0.05) is 37.9 Å². The Morgan fingerprint density at radius 1 is 1.46 bits per heavy atom.